The maximum Gasteiger partial charge on any atom is 0.325 e. The van der Waals surface area contributed by atoms with Crippen LogP contribution in [-0.4, -0.2) is 41.4 Å². The third-order valence-corrected chi connectivity index (χ3v) is 3.98. The van der Waals surface area contributed by atoms with E-state index in [4.69, 9.17) is 9.63 Å². The lowest BCUT2D eigenvalue weighted by molar-refractivity contribution is -0.138. The van der Waals surface area contributed by atoms with Crippen LogP contribution in [0.2, 0.25) is 0 Å². The fourth-order valence-electron chi connectivity index (χ4n) is 1.48. The fourth-order valence-corrected chi connectivity index (χ4v) is 2.82. The van der Waals surface area contributed by atoms with Crippen molar-refractivity contribution >= 4 is 29.1 Å². The minimum atomic E-state index is -1.01. The van der Waals surface area contributed by atoms with Gasteiger partial charge in [-0.3, -0.25) is 4.79 Å². The summed E-state index contributed by atoms with van der Waals surface area (Å²) in [5, 5.41) is 27.7. The molecule has 3 heterocycles. The van der Waals surface area contributed by atoms with Gasteiger partial charge in [-0.1, -0.05) is 16.9 Å². The van der Waals surface area contributed by atoms with Crippen molar-refractivity contribution in [3.05, 3.63) is 22.7 Å². The Hall–Kier alpha value is -2.27. The number of aliphatic carboxylic acids is 1. The molecule has 0 aliphatic carbocycles. The molecule has 0 fully saturated rings. The Morgan fingerprint density at radius 1 is 1.52 bits per heavy atom. The van der Waals surface area contributed by atoms with Crippen molar-refractivity contribution in [1.82, 2.24) is 30.3 Å². The van der Waals surface area contributed by atoms with Gasteiger partial charge in [-0.05, 0) is 21.9 Å². The fraction of sp³-hybridized carbons (Fsp3) is 0.200. The summed E-state index contributed by atoms with van der Waals surface area (Å²) in [5.41, 5.74) is 0.899. The second-order valence-electron chi connectivity index (χ2n) is 3.83. The molecule has 0 unspecified atom stereocenters. The third kappa shape index (κ3) is 3.25. The molecule has 0 aliphatic heterocycles. The molecule has 0 amide bonds. The van der Waals surface area contributed by atoms with Crippen LogP contribution < -0.4 is 0 Å². The first-order valence-corrected chi connectivity index (χ1v) is 7.61. The normalized spacial score (nSPS) is 10.9. The number of thiophene rings is 1. The lowest BCUT2D eigenvalue weighted by Gasteiger charge is -1.98. The topological polar surface area (TPSA) is 120 Å². The number of hydrogen-bond donors (Lipinski definition) is 1. The molecule has 0 atom stereocenters. The molecular formula is C10H8N6O3S2. The second kappa shape index (κ2) is 6.01. The van der Waals surface area contributed by atoms with Crippen molar-refractivity contribution in [3.63, 3.8) is 0 Å². The van der Waals surface area contributed by atoms with Crippen molar-refractivity contribution in [1.29, 1.82) is 0 Å². The van der Waals surface area contributed by atoms with Crippen LogP contribution in [0.1, 0.15) is 5.89 Å². The zero-order chi connectivity index (χ0) is 14.7. The monoisotopic (exact) mass is 324 g/mol. The maximum absolute atomic E-state index is 10.7. The molecule has 1 N–H and O–H groups in total. The van der Waals surface area contributed by atoms with E-state index in [1.807, 2.05) is 16.8 Å². The highest BCUT2D eigenvalue weighted by Crippen LogP contribution is 2.22. The Kier molecular flexibility index (Phi) is 3.92. The van der Waals surface area contributed by atoms with Gasteiger partial charge < -0.3 is 9.63 Å². The van der Waals surface area contributed by atoms with Gasteiger partial charge >= 0.3 is 5.97 Å². The minimum absolute atomic E-state index is 0.292. The Morgan fingerprint density at radius 2 is 2.43 bits per heavy atom. The van der Waals surface area contributed by atoms with Crippen LogP contribution >= 0.6 is 23.1 Å². The Morgan fingerprint density at radius 3 is 3.19 bits per heavy atom. The van der Waals surface area contributed by atoms with Gasteiger partial charge in [0, 0.05) is 10.9 Å². The average Bonchev–Trinajstić information content (AvgIpc) is 3.17. The summed E-state index contributed by atoms with van der Waals surface area (Å²) in [4.78, 5) is 14.9. The van der Waals surface area contributed by atoms with Crippen molar-refractivity contribution in [3.8, 4) is 11.4 Å². The van der Waals surface area contributed by atoms with Crippen LogP contribution in [0.25, 0.3) is 11.4 Å². The lowest BCUT2D eigenvalue weighted by Crippen LogP contribution is -2.11. The van der Waals surface area contributed by atoms with Gasteiger partial charge in [0.05, 0.1) is 5.75 Å². The maximum atomic E-state index is 10.7. The molecule has 9 nitrogen and oxygen atoms in total. The predicted molar refractivity (Wildman–Crippen MR) is 72.6 cm³/mol. The molecule has 0 bridgehead atoms. The zero-order valence-electron chi connectivity index (χ0n) is 10.4. The van der Waals surface area contributed by atoms with Gasteiger partial charge in [0.25, 0.3) is 0 Å². The van der Waals surface area contributed by atoms with Gasteiger partial charge in [0.2, 0.25) is 16.9 Å². The first kappa shape index (κ1) is 13.7. The summed E-state index contributed by atoms with van der Waals surface area (Å²) in [7, 11) is 0. The van der Waals surface area contributed by atoms with Crippen LogP contribution in [0.5, 0.6) is 0 Å². The van der Waals surface area contributed by atoms with Gasteiger partial charge in [-0.25, -0.2) is 4.68 Å². The van der Waals surface area contributed by atoms with Crippen LogP contribution in [0.4, 0.5) is 0 Å². The molecule has 0 radical (unpaired) electrons. The number of thioether (sulfide) groups is 1. The SMILES string of the molecule is O=C(O)Cn1nnnc1SCc1nc(-c2ccsc2)no1. The predicted octanol–water partition coefficient (Wildman–Crippen LogP) is 1.16. The largest absolute Gasteiger partial charge is 0.480 e. The molecule has 11 heteroatoms. The summed E-state index contributed by atoms with van der Waals surface area (Å²) in [6.45, 7) is -0.292. The first-order valence-electron chi connectivity index (χ1n) is 5.68. The van der Waals surface area contributed by atoms with E-state index in [-0.39, 0.29) is 6.54 Å². The summed E-state index contributed by atoms with van der Waals surface area (Å²) < 4.78 is 6.33. The number of rotatable bonds is 6. The molecule has 0 aliphatic rings. The minimum Gasteiger partial charge on any atom is -0.480 e. The molecule has 3 aromatic heterocycles. The van der Waals surface area contributed by atoms with E-state index < -0.39 is 5.97 Å². The average molecular weight is 324 g/mol. The highest BCUT2D eigenvalue weighted by atomic mass is 32.2. The summed E-state index contributed by atoms with van der Waals surface area (Å²) in [5.74, 6) is 0.293. The van der Waals surface area contributed by atoms with E-state index in [1.165, 1.54) is 16.4 Å². The van der Waals surface area contributed by atoms with Crippen LogP contribution in [0.3, 0.4) is 0 Å². The molecule has 21 heavy (non-hydrogen) atoms. The van der Waals surface area contributed by atoms with E-state index >= 15 is 0 Å². The van der Waals surface area contributed by atoms with E-state index in [0.29, 0.717) is 22.6 Å². The highest BCUT2D eigenvalue weighted by Gasteiger charge is 2.13. The smallest absolute Gasteiger partial charge is 0.325 e. The van der Waals surface area contributed by atoms with Gasteiger partial charge in [0.15, 0.2) is 0 Å². The second-order valence-corrected chi connectivity index (χ2v) is 5.55. The molecular weight excluding hydrogens is 316 g/mol. The molecule has 0 saturated heterocycles. The third-order valence-electron chi connectivity index (χ3n) is 2.36. The van der Waals surface area contributed by atoms with Crippen LogP contribution in [0.15, 0.2) is 26.5 Å². The van der Waals surface area contributed by atoms with Crippen LogP contribution in [-0.2, 0) is 17.1 Å². The zero-order valence-corrected chi connectivity index (χ0v) is 12.0. The lowest BCUT2D eigenvalue weighted by atomic mass is 10.3. The number of carboxylic acid groups (broad SMARTS) is 1. The standard InChI is InChI=1S/C10H8N6O3S2/c17-8(18)3-16-10(12-14-15-16)21-5-7-11-9(13-19-7)6-1-2-20-4-6/h1-2,4H,3,5H2,(H,17,18). The Bertz CT molecular complexity index is 738. The van der Waals surface area contributed by atoms with Gasteiger partial charge in [-0.2, -0.15) is 16.3 Å². The molecule has 3 aromatic rings. The molecule has 0 saturated carbocycles. The van der Waals surface area contributed by atoms with E-state index in [0.717, 1.165) is 5.56 Å². The van der Waals surface area contributed by atoms with E-state index in [2.05, 4.69) is 25.7 Å². The molecule has 0 spiro atoms. The summed E-state index contributed by atoms with van der Waals surface area (Å²) >= 11 is 2.78. The van der Waals surface area contributed by atoms with Gasteiger partial charge in [0.1, 0.15) is 6.54 Å². The Balaban J connectivity index is 1.66. The van der Waals surface area contributed by atoms with Crippen molar-refractivity contribution in [2.45, 2.75) is 17.5 Å². The van der Waals surface area contributed by atoms with E-state index in [9.17, 15) is 4.79 Å². The molecule has 3 rings (SSSR count). The molecule has 0 aromatic carbocycles. The Labute approximate surface area is 126 Å². The number of hydrogen-bond acceptors (Lipinski definition) is 9. The van der Waals surface area contributed by atoms with E-state index in [1.54, 1.807) is 11.3 Å². The number of aromatic nitrogens is 6. The number of carboxylic acids is 1. The van der Waals surface area contributed by atoms with Crippen LogP contribution in [0, 0.1) is 0 Å². The summed E-state index contributed by atoms with van der Waals surface area (Å²) in [6, 6.07) is 1.90. The van der Waals surface area contributed by atoms with Gasteiger partial charge in [-0.15, -0.1) is 5.10 Å². The molecule has 108 valence electrons. The number of nitrogens with zero attached hydrogens (tertiary/aromatic N) is 6. The first-order chi connectivity index (χ1) is 10.2. The quantitative estimate of drug-likeness (QED) is 0.666. The number of carbonyl (C=O) groups is 1. The summed E-state index contributed by atoms with van der Waals surface area (Å²) in [6.07, 6.45) is 0. The van der Waals surface area contributed by atoms with Crippen molar-refractivity contribution < 1.29 is 14.4 Å². The highest BCUT2D eigenvalue weighted by molar-refractivity contribution is 7.98. The number of tetrazole rings is 1. The van der Waals surface area contributed by atoms with Crippen molar-refractivity contribution in [2.75, 3.05) is 0 Å². The van der Waals surface area contributed by atoms with Crippen molar-refractivity contribution in [2.24, 2.45) is 0 Å².